The maximum atomic E-state index is 5.95. The molecular weight excluding hydrogens is 222 g/mol. The topological polar surface area (TPSA) is 23.3 Å². The van der Waals surface area contributed by atoms with Gasteiger partial charge in [0.2, 0.25) is 0 Å². The zero-order chi connectivity index (χ0) is 12.4. The van der Waals surface area contributed by atoms with Gasteiger partial charge in [-0.2, -0.15) is 5.32 Å². The molecule has 0 bridgehead atoms. The maximum Gasteiger partial charge on any atom is 0.191 e. The normalized spacial score (nSPS) is 18.2. The molecule has 0 amide bonds. The van der Waals surface area contributed by atoms with E-state index in [1.54, 1.807) is 0 Å². The largest absolute Gasteiger partial charge is 0.470 e. The van der Waals surface area contributed by atoms with Gasteiger partial charge in [0, 0.05) is 12.1 Å². The van der Waals surface area contributed by atoms with E-state index in [-0.39, 0.29) is 6.23 Å². The van der Waals surface area contributed by atoms with Crippen molar-refractivity contribution in [2.45, 2.75) is 19.6 Å². The van der Waals surface area contributed by atoms with Gasteiger partial charge >= 0.3 is 0 Å². The van der Waals surface area contributed by atoms with Crippen LogP contribution in [-0.4, -0.2) is 6.54 Å². The summed E-state index contributed by atoms with van der Waals surface area (Å²) >= 11 is 0. The Hall–Kier alpha value is -1.80. The summed E-state index contributed by atoms with van der Waals surface area (Å²) in [5.41, 5.74) is 3.87. The Bertz CT molecular complexity index is 536. The SMILES string of the molecule is Cc1ccc2c(c1)CC[N]C2Oc1ccccc1. The van der Waals surface area contributed by atoms with Gasteiger partial charge in [0.1, 0.15) is 5.75 Å². The highest BCUT2D eigenvalue weighted by atomic mass is 16.5. The summed E-state index contributed by atoms with van der Waals surface area (Å²) in [6, 6.07) is 16.4. The van der Waals surface area contributed by atoms with Crippen molar-refractivity contribution in [1.82, 2.24) is 5.32 Å². The zero-order valence-corrected chi connectivity index (χ0v) is 10.5. The number of hydrogen-bond donors (Lipinski definition) is 0. The van der Waals surface area contributed by atoms with Crippen LogP contribution in [0.3, 0.4) is 0 Å². The van der Waals surface area contributed by atoms with Gasteiger partial charge in [-0.3, -0.25) is 0 Å². The van der Waals surface area contributed by atoms with Crippen LogP contribution in [0.2, 0.25) is 0 Å². The van der Waals surface area contributed by atoms with Gasteiger partial charge in [-0.15, -0.1) is 0 Å². The standard InChI is InChI=1S/C16H16NO/c1-12-7-8-15-13(11-12)9-10-17-16(15)18-14-5-3-2-4-6-14/h2-8,11,16H,9-10H2,1H3. The number of nitrogens with zero attached hydrogens (tertiary/aromatic N) is 1. The minimum Gasteiger partial charge on any atom is -0.470 e. The number of para-hydroxylation sites is 1. The van der Waals surface area contributed by atoms with Gasteiger partial charge in [-0.25, -0.2) is 0 Å². The number of aryl methyl sites for hydroxylation is 1. The Kier molecular flexibility index (Phi) is 3.03. The van der Waals surface area contributed by atoms with Crippen LogP contribution in [0.4, 0.5) is 0 Å². The van der Waals surface area contributed by atoms with Crippen molar-refractivity contribution in [2.24, 2.45) is 0 Å². The number of rotatable bonds is 2. The molecule has 1 radical (unpaired) electrons. The molecule has 0 aromatic heterocycles. The van der Waals surface area contributed by atoms with Crippen molar-refractivity contribution in [3.63, 3.8) is 0 Å². The number of fused-ring (bicyclic) bond motifs is 1. The Morgan fingerprint density at radius 1 is 1.11 bits per heavy atom. The van der Waals surface area contributed by atoms with Crippen molar-refractivity contribution < 1.29 is 4.74 Å². The van der Waals surface area contributed by atoms with Crippen molar-refractivity contribution in [3.05, 3.63) is 65.2 Å². The summed E-state index contributed by atoms with van der Waals surface area (Å²) in [7, 11) is 0. The second kappa shape index (κ2) is 4.83. The van der Waals surface area contributed by atoms with Crippen LogP contribution in [0.1, 0.15) is 22.9 Å². The fraction of sp³-hybridized carbons (Fsp3) is 0.250. The Labute approximate surface area is 108 Å². The van der Waals surface area contributed by atoms with Crippen molar-refractivity contribution in [1.29, 1.82) is 0 Å². The lowest BCUT2D eigenvalue weighted by Crippen LogP contribution is -2.28. The molecule has 0 spiro atoms. The molecule has 0 saturated carbocycles. The molecule has 2 aromatic carbocycles. The average molecular weight is 238 g/mol. The van der Waals surface area contributed by atoms with Crippen LogP contribution in [0.5, 0.6) is 5.75 Å². The quantitative estimate of drug-likeness (QED) is 0.787. The lowest BCUT2D eigenvalue weighted by Gasteiger charge is -2.26. The molecule has 1 unspecified atom stereocenters. The highest BCUT2D eigenvalue weighted by Gasteiger charge is 2.22. The third kappa shape index (κ3) is 2.24. The molecular formula is C16H16NO. The summed E-state index contributed by atoms with van der Waals surface area (Å²) < 4.78 is 5.95. The monoisotopic (exact) mass is 238 g/mol. The summed E-state index contributed by atoms with van der Waals surface area (Å²) in [6.07, 6.45) is 0.864. The van der Waals surface area contributed by atoms with E-state index < -0.39 is 0 Å². The summed E-state index contributed by atoms with van der Waals surface area (Å²) in [6.45, 7) is 2.97. The van der Waals surface area contributed by atoms with Crippen molar-refractivity contribution in [3.8, 4) is 5.75 Å². The van der Waals surface area contributed by atoms with E-state index in [0.717, 1.165) is 18.7 Å². The molecule has 1 atom stereocenters. The summed E-state index contributed by atoms with van der Waals surface area (Å²) in [4.78, 5) is 0. The van der Waals surface area contributed by atoms with Gasteiger partial charge in [0.05, 0.1) is 0 Å². The van der Waals surface area contributed by atoms with E-state index in [1.165, 1.54) is 16.7 Å². The molecule has 2 heteroatoms. The number of benzene rings is 2. The van der Waals surface area contributed by atoms with Crippen LogP contribution >= 0.6 is 0 Å². The number of hydrogen-bond acceptors (Lipinski definition) is 1. The van der Waals surface area contributed by atoms with E-state index in [9.17, 15) is 0 Å². The molecule has 18 heavy (non-hydrogen) atoms. The fourth-order valence-corrected chi connectivity index (χ4v) is 2.32. The summed E-state index contributed by atoms with van der Waals surface area (Å²) in [5, 5.41) is 4.57. The summed E-state index contributed by atoms with van der Waals surface area (Å²) in [5.74, 6) is 0.875. The highest BCUT2D eigenvalue weighted by molar-refractivity contribution is 5.35. The molecule has 1 aliphatic rings. The van der Waals surface area contributed by atoms with Gasteiger partial charge < -0.3 is 4.74 Å². The lowest BCUT2D eigenvalue weighted by molar-refractivity contribution is 0.154. The van der Waals surface area contributed by atoms with Crippen LogP contribution in [0.15, 0.2) is 48.5 Å². The molecule has 0 N–H and O–H groups in total. The second-order valence-electron chi connectivity index (χ2n) is 4.64. The van der Waals surface area contributed by atoms with Crippen molar-refractivity contribution in [2.75, 3.05) is 6.54 Å². The first kappa shape index (κ1) is 11.3. The molecule has 2 nitrogen and oxygen atoms in total. The minimum absolute atomic E-state index is 0.156. The first-order valence-electron chi connectivity index (χ1n) is 6.31. The maximum absolute atomic E-state index is 5.95. The highest BCUT2D eigenvalue weighted by Crippen LogP contribution is 2.27. The first-order valence-corrected chi connectivity index (χ1v) is 6.31. The van der Waals surface area contributed by atoms with Crippen LogP contribution in [0.25, 0.3) is 0 Å². The van der Waals surface area contributed by atoms with Gasteiger partial charge in [0.25, 0.3) is 0 Å². The average Bonchev–Trinajstić information content (AvgIpc) is 2.40. The second-order valence-corrected chi connectivity index (χ2v) is 4.64. The molecule has 2 aromatic rings. The van der Waals surface area contributed by atoms with Crippen LogP contribution < -0.4 is 10.1 Å². The Morgan fingerprint density at radius 2 is 1.94 bits per heavy atom. The molecule has 1 heterocycles. The Balaban J connectivity index is 1.87. The predicted molar refractivity (Wildman–Crippen MR) is 71.7 cm³/mol. The minimum atomic E-state index is -0.156. The molecule has 1 aliphatic heterocycles. The smallest absolute Gasteiger partial charge is 0.191 e. The van der Waals surface area contributed by atoms with E-state index in [1.807, 2.05) is 30.3 Å². The van der Waals surface area contributed by atoms with E-state index in [4.69, 9.17) is 4.74 Å². The van der Waals surface area contributed by atoms with Crippen molar-refractivity contribution >= 4 is 0 Å². The fourth-order valence-electron chi connectivity index (χ4n) is 2.32. The van der Waals surface area contributed by atoms with E-state index >= 15 is 0 Å². The zero-order valence-electron chi connectivity index (χ0n) is 10.5. The van der Waals surface area contributed by atoms with Gasteiger partial charge in [-0.05, 0) is 31.0 Å². The van der Waals surface area contributed by atoms with Gasteiger partial charge in [-0.1, -0.05) is 42.0 Å². The van der Waals surface area contributed by atoms with Gasteiger partial charge in [0.15, 0.2) is 6.23 Å². The third-order valence-electron chi connectivity index (χ3n) is 3.23. The number of ether oxygens (including phenoxy) is 1. The van der Waals surface area contributed by atoms with E-state index in [0.29, 0.717) is 0 Å². The Morgan fingerprint density at radius 3 is 2.78 bits per heavy atom. The predicted octanol–water partition coefficient (Wildman–Crippen LogP) is 3.23. The third-order valence-corrected chi connectivity index (χ3v) is 3.23. The molecule has 91 valence electrons. The molecule has 0 fully saturated rings. The lowest BCUT2D eigenvalue weighted by atomic mass is 9.97. The molecule has 0 saturated heterocycles. The molecule has 0 aliphatic carbocycles. The van der Waals surface area contributed by atoms with Crippen LogP contribution in [0, 0.1) is 6.92 Å². The first-order chi connectivity index (χ1) is 8.83. The van der Waals surface area contributed by atoms with Crippen LogP contribution in [-0.2, 0) is 6.42 Å². The molecule has 3 rings (SSSR count). The van der Waals surface area contributed by atoms with E-state index in [2.05, 4.69) is 30.4 Å².